The summed E-state index contributed by atoms with van der Waals surface area (Å²) in [5.74, 6) is 0. The fourth-order valence-corrected chi connectivity index (χ4v) is 3.42. The molecular weight excluding hydrogens is 350 g/mol. The molecule has 2 aromatic heterocycles. The fraction of sp³-hybridized carbons (Fsp3) is 0.467. The first-order chi connectivity index (χ1) is 10.0. The SMILES string of the molecule is CCCCn1ncc(NCc2cc(C)c(C)s2)c(Br)c1=O. The Bertz CT molecular complexity index is 659. The van der Waals surface area contributed by atoms with Crippen molar-refractivity contribution < 1.29 is 0 Å². The zero-order valence-corrected chi connectivity index (χ0v) is 15.0. The molecule has 4 nitrogen and oxygen atoms in total. The molecule has 0 unspecified atom stereocenters. The third kappa shape index (κ3) is 3.95. The van der Waals surface area contributed by atoms with Crippen LogP contribution in [0, 0.1) is 13.8 Å². The summed E-state index contributed by atoms with van der Waals surface area (Å²) in [6, 6.07) is 2.18. The molecule has 2 heterocycles. The second-order valence-electron chi connectivity index (χ2n) is 5.06. The molecule has 21 heavy (non-hydrogen) atoms. The lowest BCUT2D eigenvalue weighted by Gasteiger charge is -2.09. The first-order valence-electron chi connectivity index (χ1n) is 7.08. The van der Waals surface area contributed by atoms with Crippen molar-refractivity contribution in [2.45, 2.75) is 46.7 Å². The van der Waals surface area contributed by atoms with Crippen molar-refractivity contribution in [2.75, 3.05) is 5.32 Å². The van der Waals surface area contributed by atoms with Gasteiger partial charge in [0, 0.05) is 22.8 Å². The highest BCUT2D eigenvalue weighted by atomic mass is 79.9. The molecule has 0 radical (unpaired) electrons. The van der Waals surface area contributed by atoms with Gasteiger partial charge in [-0.2, -0.15) is 5.10 Å². The summed E-state index contributed by atoms with van der Waals surface area (Å²) in [5, 5.41) is 7.51. The molecule has 0 spiro atoms. The third-order valence-corrected chi connectivity index (χ3v) is 5.30. The predicted octanol–water partition coefficient (Wildman–Crippen LogP) is 4.10. The number of anilines is 1. The zero-order valence-electron chi connectivity index (χ0n) is 12.6. The van der Waals surface area contributed by atoms with E-state index in [0.717, 1.165) is 18.5 Å². The van der Waals surface area contributed by atoms with Gasteiger partial charge in [-0.05, 0) is 47.8 Å². The van der Waals surface area contributed by atoms with Crippen molar-refractivity contribution in [2.24, 2.45) is 0 Å². The highest BCUT2D eigenvalue weighted by molar-refractivity contribution is 9.10. The van der Waals surface area contributed by atoms with Gasteiger partial charge in [-0.3, -0.25) is 4.79 Å². The van der Waals surface area contributed by atoms with Crippen molar-refractivity contribution in [3.63, 3.8) is 0 Å². The monoisotopic (exact) mass is 369 g/mol. The molecule has 1 N–H and O–H groups in total. The molecule has 6 heteroatoms. The second-order valence-corrected chi connectivity index (χ2v) is 7.19. The number of rotatable bonds is 6. The van der Waals surface area contributed by atoms with Gasteiger partial charge in [0.1, 0.15) is 4.47 Å². The number of halogens is 1. The smallest absolute Gasteiger partial charge is 0.283 e. The lowest BCUT2D eigenvalue weighted by atomic mass is 10.3. The van der Waals surface area contributed by atoms with E-state index in [0.29, 0.717) is 17.6 Å². The van der Waals surface area contributed by atoms with Crippen molar-refractivity contribution >= 4 is 33.0 Å². The van der Waals surface area contributed by atoms with Crippen molar-refractivity contribution in [3.8, 4) is 0 Å². The number of nitrogens with one attached hydrogen (secondary N) is 1. The van der Waals surface area contributed by atoms with E-state index >= 15 is 0 Å². The van der Waals surface area contributed by atoms with Gasteiger partial charge >= 0.3 is 0 Å². The van der Waals surface area contributed by atoms with Crippen LogP contribution in [0.15, 0.2) is 21.5 Å². The average Bonchev–Trinajstić information content (AvgIpc) is 2.78. The molecule has 114 valence electrons. The Hall–Kier alpha value is -1.14. The van der Waals surface area contributed by atoms with Gasteiger partial charge in [-0.1, -0.05) is 13.3 Å². The van der Waals surface area contributed by atoms with Gasteiger partial charge in [0.2, 0.25) is 0 Å². The minimum absolute atomic E-state index is 0.0769. The third-order valence-electron chi connectivity index (χ3n) is 3.38. The first-order valence-corrected chi connectivity index (χ1v) is 8.69. The van der Waals surface area contributed by atoms with Crippen LogP contribution in [-0.4, -0.2) is 9.78 Å². The summed E-state index contributed by atoms with van der Waals surface area (Å²) >= 11 is 5.16. The summed E-state index contributed by atoms with van der Waals surface area (Å²) in [5.41, 5.74) is 1.98. The topological polar surface area (TPSA) is 46.9 Å². The average molecular weight is 370 g/mol. The van der Waals surface area contributed by atoms with E-state index in [2.05, 4.69) is 53.2 Å². The molecule has 2 rings (SSSR count). The summed E-state index contributed by atoms with van der Waals surface area (Å²) in [6.45, 7) is 7.70. The Kier molecular flexibility index (Phi) is 5.58. The van der Waals surface area contributed by atoms with E-state index in [1.54, 1.807) is 17.5 Å². The predicted molar refractivity (Wildman–Crippen MR) is 92.2 cm³/mol. The van der Waals surface area contributed by atoms with E-state index in [4.69, 9.17) is 0 Å². The maximum absolute atomic E-state index is 12.2. The number of nitrogens with zero attached hydrogens (tertiary/aromatic N) is 2. The Balaban J connectivity index is 2.10. The lowest BCUT2D eigenvalue weighted by molar-refractivity contribution is 0.541. The van der Waals surface area contributed by atoms with E-state index in [-0.39, 0.29) is 5.56 Å². The summed E-state index contributed by atoms with van der Waals surface area (Å²) in [6.07, 6.45) is 3.72. The van der Waals surface area contributed by atoms with Crippen LogP contribution in [0.25, 0.3) is 0 Å². The maximum Gasteiger partial charge on any atom is 0.283 e. The highest BCUT2D eigenvalue weighted by Gasteiger charge is 2.09. The number of unbranched alkanes of at least 4 members (excludes halogenated alkanes) is 1. The van der Waals surface area contributed by atoms with E-state index in [1.165, 1.54) is 20.0 Å². The van der Waals surface area contributed by atoms with Gasteiger partial charge < -0.3 is 5.32 Å². The minimum Gasteiger partial charge on any atom is -0.378 e. The van der Waals surface area contributed by atoms with Crippen LogP contribution in [0.1, 0.15) is 35.1 Å². The summed E-state index contributed by atoms with van der Waals surface area (Å²) in [7, 11) is 0. The van der Waals surface area contributed by atoms with Crippen LogP contribution in [0.5, 0.6) is 0 Å². The molecule has 0 saturated heterocycles. The number of thiophene rings is 1. The molecule has 0 fully saturated rings. The molecule has 0 bridgehead atoms. The molecule has 0 aromatic carbocycles. The van der Waals surface area contributed by atoms with Crippen molar-refractivity contribution in [1.82, 2.24) is 9.78 Å². The van der Waals surface area contributed by atoms with Crippen LogP contribution in [0.2, 0.25) is 0 Å². The lowest BCUT2D eigenvalue weighted by Crippen LogP contribution is -2.24. The van der Waals surface area contributed by atoms with E-state index in [9.17, 15) is 4.79 Å². The second kappa shape index (κ2) is 7.22. The minimum atomic E-state index is -0.0769. The summed E-state index contributed by atoms with van der Waals surface area (Å²) < 4.78 is 2.07. The number of hydrogen-bond donors (Lipinski definition) is 1. The van der Waals surface area contributed by atoms with Crippen molar-refractivity contribution in [3.05, 3.63) is 42.4 Å². The highest BCUT2D eigenvalue weighted by Crippen LogP contribution is 2.23. The molecule has 0 aliphatic carbocycles. The van der Waals surface area contributed by atoms with Crippen LogP contribution < -0.4 is 10.9 Å². The number of aryl methyl sites for hydroxylation is 3. The molecule has 0 atom stereocenters. The van der Waals surface area contributed by atoms with Gasteiger partial charge in [-0.25, -0.2) is 4.68 Å². The zero-order chi connectivity index (χ0) is 15.4. The van der Waals surface area contributed by atoms with Crippen LogP contribution in [0.3, 0.4) is 0 Å². The van der Waals surface area contributed by atoms with Gasteiger partial charge in [0.15, 0.2) is 0 Å². The van der Waals surface area contributed by atoms with Crippen LogP contribution in [-0.2, 0) is 13.1 Å². The molecular formula is C15H20BrN3OS. The Morgan fingerprint density at radius 1 is 1.43 bits per heavy atom. The Morgan fingerprint density at radius 2 is 2.19 bits per heavy atom. The Morgan fingerprint density at radius 3 is 2.81 bits per heavy atom. The molecule has 0 aliphatic rings. The quantitative estimate of drug-likeness (QED) is 0.833. The number of aromatic nitrogens is 2. The van der Waals surface area contributed by atoms with Crippen LogP contribution >= 0.6 is 27.3 Å². The van der Waals surface area contributed by atoms with E-state index < -0.39 is 0 Å². The fourth-order valence-electron chi connectivity index (χ4n) is 1.97. The molecule has 0 saturated carbocycles. The van der Waals surface area contributed by atoms with Gasteiger partial charge in [0.05, 0.1) is 11.9 Å². The van der Waals surface area contributed by atoms with Crippen LogP contribution in [0.4, 0.5) is 5.69 Å². The first kappa shape index (κ1) is 16.2. The van der Waals surface area contributed by atoms with Crippen molar-refractivity contribution in [1.29, 1.82) is 0 Å². The number of hydrogen-bond acceptors (Lipinski definition) is 4. The molecule has 2 aromatic rings. The largest absolute Gasteiger partial charge is 0.378 e. The maximum atomic E-state index is 12.2. The normalized spacial score (nSPS) is 10.9. The summed E-state index contributed by atoms with van der Waals surface area (Å²) in [4.78, 5) is 14.8. The standard InChI is InChI=1S/C15H20BrN3OS/c1-4-5-6-19-15(20)14(16)13(9-18-19)17-8-12-7-10(2)11(3)21-12/h7,9,17H,4-6,8H2,1-3H3. The van der Waals surface area contributed by atoms with Gasteiger partial charge in [0.25, 0.3) is 5.56 Å². The Labute approximate surface area is 137 Å². The molecule has 0 aliphatic heterocycles. The molecule has 0 amide bonds. The van der Waals surface area contributed by atoms with E-state index in [1.807, 2.05) is 0 Å². The van der Waals surface area contributed by atoms with Gasteiger partial charge in [-0.15, -0.1) is 11.3 Å².